The minimum absolute atomic E-state index is 0.0147. The van der Waals surface area contributed by atoms with Crippen molar-refractivity contribution in [3.63, 3.8) is 0 Å². The third kappa shape index (κ3) is 2.95. The van der Waals surface area contributed by atoms with Crippen LogP contribution in [0.5, 0.6) is 0 Å². The summed E-state index contributed by atoms with van der Waals surface area (Å²) in [5.41, 5.74) is 8.81. The van der Waals surface area contributed by atoms with Crippen LogP contribution >= 0.6 is 0 Å². The SMILES string of the molecule is C=C/C=C\c1c(CC(N)CO)c[nH]c1C=C. The van der Waals surface area contributed by atoms with Gasteiger partial charge >= 0.3 is 0 Å². The van der Waals surface area contributed by atoms with Crippen LogP contribution in [0.25, 0.3) is 12.2 Å². The fraction of sp³-hybridized carbons (Fsp3) is 0.231. The summed E-state index contributed by atoms with van der Waals surface area (Å²) in [5, 5.41) is 8.94. The van der Waals surface area contributed by atoms with E-state index in [9.17, 15) is 0 Å². The Labute approximate surface area is 96.0 Å². The molecular formula is C13H18N2O. The lowest BCUT2D eigenvalue weighted by molar-refractivity contribution is 0.265. The Balaban J connectivity index is 2.99. The van der Waals surface area contributed by atoms with Crippen molar-refractivity contribution in [3.8, 4) is 0 Å². The number of nitrogens with two attached hydrogens (primary N) is 1. The molecule has 16 heavy (non-hydrogen) atoms. The summed E-state index contributed by atoms with van der Waals surface area (Å²) in [6.45, 7) is 7.36. The molecule has 0 radical (unpaired) electrons. The second-order valence-corrected chi connectivity index (χ2v) is 3.59. The molecule has 0 aliphatic heterocycles. The zero-order chi connectivity index (χ0) is 12.0. The summed E-state index contributed by atoms with van der Waals surface area (Å²) in [6, 6.07) is -0.232. The van der Waals surface area contributed by atoms with Crippen molar-refractivity contribution in [1.29, 1.82) is 0 Å². The van der Waals surface area contributed by atoms with Gasteiger partial charge in [-0.05, 0) is 18.1 Å². The number of hydrogen-bond donors (Lipinski definition) is 3. The largest absolute Gasteiger partial charge is 0.395 e. The van der Waals surface area contributed by atoms with Crippen LogP contribution in [0.2, 0.25) is 0 Å². The first kappa shape index (κ1) is 12.5. The maximum absolute atomic E-state index is 8.94. The number of rotatable bonds is 6. The van der Waals surface area contributed by atoms with Crippen LogP contribution in [0.3, 0.4) is 0 Å². The Morgan fingerprint density at radius 2 is 2.25 bits per heavy atom. The van der Waals surface area contributed by atoms with E-state index in [0.717, 1.165) is 16.8 Å². The van der Waals surface area contributed by atoms with E-state index in [-0.39, 0.29) is 12.6 Å². The molecule has 0 aliphatic rings. The van der Waals surface area contributed by atoms with E-state index in [1.165, 1.54) is 0 Å². The monoisotopic (exact) mass is 218 g/mol. The summed E-state index contributed by atoms with van der Waals surface area (Å²) < 4.78 is 0. The lowest BCUT2D eigenvalue weighted by Crippen LogP contribution is -2.26. The van der Waals surface area contributed by atoms with Crippen molar-refractivity contribution >= 4 is 12.2 Å². The van der Waals surface area contributed by atoms with Crippen LogP contribution < -0.4 is 5.73 Å². The van der Waals surface area contributed by atoms with Crippen LogP contribution in [0.15, 0.2) is 31.5 Å². The van der Waals surface area contributed by atoms with Crippen LogP contribution in [0.1, 0.15) is 16.8 Å². The van der Waals surface area contributed by atoms with Gasteiger partial charge in [-0.1, -0.05) is 31.4 Å². The number of aliphatic hydroxyl groups excluding tert-OH is 1. The maximum Gasteiger partial charge on any atom is 0.0585 e. The average Bonchev–Trinajstić information content (AvgIpc) is 2.68. The van der Waals surface area contributed by atoms with Gasteiger partial charge < -0.3 is 15.8 Å². The van der Waals surface area contributed by atoms with Gasteiger partial charge in [-0.15, -0.1) is 0 Å². The summed E-state index contributed by atoms with van der Waals surface area (Å²) in [4.78, 5) is 3.12. The molecular weight excluding hydrogens is 200 g/mol. The van der Waals surface area contributed by atoms with E-state index >= 15 is 0 Å². The number of nitrogens with one attached hydrogen (secondary N) is 1. The molecule has 0 saturated heterocycles. The van der Waals surface area contributed by atoms with Gasteiger partial charge in [0.05, 0.1) is 6.61 Å². The molecule has 3 heteroatoms. The molecule has 0 aliphatic carbocycles. The van der Waals surface area contributed by atoms with Crippen molar-refractivity contribution in [2.75, 3.05) is 6.61 Å². The zero-order valence-corrected chi connectivity index (χ0v) is 9.32. The number of aromatic amines is 1. The smallest absolute Gasteiger partial charge is 0.0585 e. The molecule has 1 unspecified atom stereocenters. The van der Waals surface area contributed by atoms with Gasteiger partial charge in [-0.2, -0.15) is 0 Å². The van der Waals surface area contributed by atoms with Gasteiger partial charge in [0.15, 0.2) is 0 Å². The molecule has 0 spiro atoms. The molecule has 4 N–H and O–H groups in total. The predicted molar refractivity (Wildman–Crippen MR) is 68.9 cm³/mol. The minimum Gasteiger partial charge on any atom is -0.395 e. The molecule has 1 aromatic rings. The van der Waals surface area contributed by atoms with Crippen molar-refractivity contribution < 1.29 is 5.11 Å². The molecule has 0 bridgehead atoms. The fourth-order valence-corrected chi connectivity index (χ4v) is 1.54. The molecule has 1 aromatic heterocycles. The van der Waals surface area contributed by atoms with Crippen LogP contribution in [-0.2, 0) is 6.42 Å². The van der Waals surface area contributed by atoms with E-state index in [0.29, 0.717) is 6.42 Å². The van der Waals surface area contributed by atoms with Crippen molar-refractivity contribution in [1.82, 2.24) is 4.98 Å². The van der Waals surface area contributed by atoms with E-state index in [2.05, 4.69) is 18.1 Å². The number of aromatic nitrogens is 1. The van der Waals surface area contributed by atoms with E-state index in [1.54, 1.807) is 12.2 Å². The van der Waals surface area contributed by atoms with Gasteiger partial charge in [0, 0.05) is 23.5 Å². The Hall–Kier alpha value is -1.58. The third-order valence-corrected chi connectivity index (χ3v) is 2.36. The van der Waals surface area contributed by atoms with Gasteiger partial charge in [0.25, 0.3) is 0 Å². The lowest BCUT2D eigenvalue weighted by atomic mass is 10.0. The Kier molecular flexibility index (Phi) is 4.76. The Bertz CT molecular complexity index is 391. The highest BCUT2D eigenvalue weighted by atomic mass is 16.3. The second kappa shape index (κ2) is 6.10. The van der Waals surface area contributed by atoms with Crippen molar-refractivity contribution in [2.45, 2.75) is 12.5 Å². The topological polar surface area (TPSA) is 62.0 Å². The number of allylic oxidation sites excluding steroid dienone is 2. The van der Waals surface area contributed by atoms with Crippen molar-refractivity contribution in [2.24, 2.45) is 5.73 Å². The normalized spacial score (nSPS) is 12.9. The van der Waals surface area contributed by atoms with Gasteiger partial charge in [-0.25, -0.2) is 0 Å². The summed E-state index contributed by atoms with van der Waals surface area (Å²) in [5.74, 6) is 0. The predicted octanol–water partition coefficient (Wildman–Crippen LogP) is 1.72. The van der Waals surface area contributed by atoms with Crippen LogP contribution in [-0.4, -0.2) is 22.7 Å². The first-order valence-electron chi connectivity index (χ1n) is 5.21. The molecule has 1 heterocycles. The molecule has 86 valence electrons. The van der Waals surface area contributed by atoms with Crippen LogP contribution in [0, 0.1) is 0 Å². The minimum atomic E-state index is -0.232. The van der Waals surface area contributed by atoms with E-state index in [1.807, 2.05) is 18.3 Å². The zero-order valence-electron chi connectivity index (χ0n) is 9.32. The highest BCUT2D eigenvalue weighted by Gasteiger charge is 2.09. The van der Waals surface area contributed by atoms with Gasteiger partial charge in [0.2, 0.25) is 0 Å². The highest BCUT2D eigenvalue weighted by Crippen LogP contribution is 2.18. The molecule has 1 rings (SSSR count). The molecule has 0 saturated carbocycles. The number of aliphatic hydroxyl groups is 1. The van der Waals surface area contributed by atoms with Gasteiger partial charge in [0.1, 0.15) is 0 Å². The second-order valence-electron chi connectivity index (χ2n) is 3.59. The first-order valence-corrected chi connectivity index (χ1v) is 5.21. The molecule has 0 fully saturated rings. The summed E-state index contributed by atoms with van der Waals surface area (Å²) in [6.07, 6.45) is 9.84. The number of hydrogen-bond acceptors (Lipinski definition) is 2. The van der Waals surface area contributed by atoms with Crippen LogP contribution in [0.4, 0.5) is 0 Å². The molecule has 1 atom stereocenters. The number of H-pyrrole nitrogens is 1. The molecule has 0 aromatic carbocycles. The lowest BCUT2D eigenvalue weighted by Gasteiger charge is -2.07. The fourth-order valence-electron chi connectivity index (χ4n) is 1.54. The first-order chi connectivity index (χ1) is 7.72. The maximum atomic E-state index is 8.94. The van der Waals surface area contributed by atoms with Gasteiger partial charge in [-0.3, -0.25) is 0 Å². The standard InChI is InChI=1S/C13H18N2O/c1-3-5-6-12-10(7-11(14)9-16)8-15-13(12)4-2/h3-6,8,11,15-16H,1-2,7,9,14H2/b6-5-. The molecule has 3 nitrogen and oxygen atoms in total. The quantitative estimate of drug-likeness (QED) is 0.637. The van der Waals surface area contributed by atoms with Crippen molar-refractivity contribution in [3.05, 3.63) is 48.3 Å². The molecule has 0 amide bonds. The Morgan fingerprint density at radius 3 is 2.81 bits per heavy atom. The van der Waals surface area contributed by atoms with E-state index < -0.39 is 0 Å². The summed E-state index contributed by atoms with van der Waals surface area (Å²) >= 11 is 0. The van der Waals surface area contributed by atoms with E-state index in [4.69, 9.17) is 10.8 Å². The highest BCUT2D eigenvalue weighted by molar-refractivity contribution is 5.66. The summed E-state index contributed by atoms with van der Waals surface area (Å²) in [7, 11) is 0. The third-order valence-electron chi connectivity index (χ3n) is 2.36. The average molecular weight is 218 g/mol. The Morgan fingerprint density at radius 1 is 1.50 bits per heavy atom.